The van der Waals surface area contributed by atoms with Crippen molar-refractivity contribution in [1.82, 2.24) is 0 Å². The highest BCUT2D eigenvalue weighted by molar-refractivity contribution is 9.09. The molecular formula is C11H11BrClFO2. The van der Waals surface area contributed by atoms with Crippen LogP contribution < -0.4 is 4.74 Å². The molecule has 0 bridgehead atoms. The van der Waals surface area contributed by atoms with Crippen LogP contribution in [0.5, 0.6) is 5.75 Å². The van der Waals surface area contributed by atoms with E-state index in [-0.39, 0.29) is 18.6 Å². The maximum atomic E-state index is 11.9. The second kappa shape index (κ2) is 6.86. The van der Waals surface area contributed by atoms with E-state index in [2.05, 4.69) is 15.9 Å². The van der Waals surface area contributed by atoms with E-state index in [1.807, 2.05) is 0 Å². The Labute approximate surface area is 107 Å². The molecule has 1 aromatic rings. The number of hydrogen-bond acceptors (Lipinski definition) is 2. The fraction of sp³-hybridized carbons (Fsp3) is 0.364. The van der Waals surface area contributed by atoms with Crippen molar-refractivity contribution in [3.63, 3.8) is 0 Å². The molecule has 0 aliphatic heterocycles. The quantitative estimate of drug-likeness (QED) is 0.748. The second-order valence-corrected chi connectivity index (χ2v) is 4.41. The average molecular weight is 310 g/mol. The summed E-state index contributed by atoms with van der Waals surface area (Å²) in [6.07, 6.45) is 0.394. The highest BCUT2D eigenvalue weighted by Gasteiger charge is 2.15. The van der Waals surface area contributed by atoms with Crippen LogP contribution in [0.2, 0.25) is 5.02 Å². The van der Waals surface area contributed by atoms with Gasteiger partial charge >= 0.3 is 0 Å². The molecule has 0 radical (unpaired) electrons. The van der Waals surface area contributed by atoms with Gasteiger partial charge in [-0.3, -0.25) is 9.18 Å². The van der Waals surface area contributed by atoms with Crippen LogP contribution in [0.4, 0.5) is 4.39 Å². The van der Waals surface area contributed by atoms with Crippen molar-refractivity contribution in [2.45, 2.75) is 17.9 Å². The van der Waals surface area contributed by atoms with Crippen molar-refractivity contribution in [2.75, 3.05) is 6.67 Å². The third kappa shape index (κ3) is 4.49. The normalized spacial score (nSPS) is 12.2. The van der Waals surface area contributed by atoms with Crippen LogP contribution in [0, 0.1) is 0 Å². The molecule has 0 fully saturated rings. The molecule has 88 valence electrons. The number of alkyl halides is 2. The largest absolute Gasteiger partial charge is 0.471 e. The zero-order chi connectivity index (χ0) is 12.0. The molecule has 16 heavy (non-hydrogen) atoms. The summed E-state index contributed by atoms with van der Waals surface area (Å²) in [6.45, 7) is -0.494. The Bertz CT molecular complexity index is 342. The van der Waals surface area contributed by atoms with Crippen molar-refractivity contribution < 1.29 is 13.9 Å². The minimum absolute atomic E-state index is 0.167. The fourth-order valence-corrected chi connectivity index (χ4v) is 1.62. The lowest BCUT2D eigenvalue weighted by atomic mass is 10.2. The summed E-state index contributed by atoms with van der Waals surface area (Å²) in [5, 5.41) is -0.137. The Hall–Kier alpha value is -0.610. The van der Waals surface area contributed by atoms with Crippen LogP contribution in [-0.4, -0.2) is 17.5 Å². The Morgan fingerprint density at radius 1 is 1.44 bits per heavy atom. The molecule has 0 saturated carbocycles. The van der Waals surface area contributed by atoms with E-state index in [0.717, 1.165) is 0 Å². The summed E-state index contributed by atoms with van der Waals surface area (Å²) in [5.74, 6) is 0.368. The Morgan fingerprint density at radius 3 is 2.62 bits per heavy atom. The molecule has 0 saturated heterocycles. The topological polar surface area (TPSA) is 26.3 Å². The van der Waals surface area contributed by atoms with Gasteiger partial charge in [-0.05, 0) is 46.6 Å². The number of ketones is 1. The molecule has 5 heteroatoms. The lowest BCUT2D eigenvalue weighted by Crippen LogP contribution is -2.20. The van der Waals surface area contributed by atoms with Crippen LogP contribution >= 0.6 is 27.5 Å². The third-order valence-corrected chi connectivity index (χ3v) is 2.81. The SMILES string of the molecule is O=C(CCCF)C(Br)Oc1ccc(Cl)cc1. The predicted octanol–water partition coefficient (Wildman–Crippen LogP) is 3.76. The molecular weight excluding hydrogens is 298 g/mol. The number of rotatable bonds is 6. The van der Waals surface area contributed by atoms with Crippen LogP contribution in [0.25, 0.3) is 0 Å². The number of hydrogen-bond donors (Lipinski definition) is 0. The highest BCUT2D eigenvalue weighted by Crippen LogP contribution is 2.19. The summed E-state index contributed by atoms with van der Waals surface area (Å²) >= 11 is 8.80. The van der Waals surface area contributed by atoms with E-state index in [1.54, 1.807) is 24.3 Å². The number of Topliss-reactive ketones (excluding diaryl/α,β-unsaturated/α-hetero) is 1. The van der Waals surface area contributed by atoms with E-state index in [9.17, 15) is 9.18 Å². The lowest BCUT2D eigenvalue weighted by Gasteiger charge is -2.11. The first-order chi connectivity index (χ1) is 7.63. The monoisotopic (exact) mass is 308 g/mol. The van der Waals surface area contributed by atoms with Gasteiger partial charge in [0.05, 0.1) is 6.67 Å². The molecule has 0 spiro atoms. The Morgan fingerprint density at radius 2 is 2.06 bits per heavy atom. The van der Waals surface area contributed by atoms with Crippen molar-refractivity contribution in [3.8, 4) is 5.75 Å². The standard InChI is InChI=1S/C11H11BrClFO2/c12-11(10(15)2-1-7-14)16-9-5-3-8(13)4-6-9/h3-6,11H,1-2,7H2. The smallest absolute Gasteiger partial charge is 0.210 e. The molecule has 0 aliphatic rings. The fourth-order valence-electron chi connectivity index (χ4n) is 1.05. The van der Waals surface area contributed by atoms with E-state index >= 15 is 0 Å². The van der Waals surface area contributed by atoms with Crippen LogP contribution in [-0.2, 0) is 4.79 Å². The van der Waals surface area contributed by atoms with Gasteiger partial charge in [0.15, 0.2) is 5.78 Å². The number of benzene rings is 1. The molecule has 0 aromatic heterocycles. The van der Waals surface area contributed by atoms with Crippen LogP contribution in [0.15, 0.2) is 24.3 Å². The van der Waals surface area contributed by atoms with Gasteiger partial charge in [-0.1, -0.05) is 11.6 Å². The van der Waals surface area contributed by atoms with Gasteiger partial charge in [-0.15, -0.1) is 0 Å². The third-order valence-electron chi connectivity index (χ3n) is 1.86. The molecule has 0 aliphatic carbocycles. The molecule has 0 N–H and O–H groups in total. The zero-order valence-electron chi connectivity index (χ0n) is 8.46. The molecule has 1 atom stereocenters. The highest BCUT2D eigenvalue weighted by atomic mass is 79.9. The summed E-state index contributed by atoms with van der Waals surface area (Å²) < 4.78 is 17.2. The average Bonchev–Trinajstić information content (AvgIpc) is 2.29. The van der Waals surface area contributed by atoms with E-state index in [1.165, 1.54) is 0 Å². The van der Waals surface area contributed by atoms with Crippen molar-refractivity contribution in [2.24, 2.45) is 0 Å². The predicted molar refractivity (Wildman–Crippen MR) is 65.0 cm³/mol. The first-order valence-corrected chi connectivity index (χ1v) is 6.08. The maximum absolute atomic E-state index is 11.9. The number of carbonyl (C=O) groups is 1. The summed E-state index contributed by atoms with van der Waals surface area (Å²) in [4.78, 5) is 11.4. The molecule has 1 aromatic carbocycles. The minimum atomic E-state index is -0.736. The second-order valence-electron chi connectivity index (χ2n) is 3.15. The molecule has 0 heterocycles. The van der Waals surface area contributed by atoms with Gasteiger partial charge in [0.1, 0.15) is 5.75 Å². The van der Waals surface area contributed by atoms with Crippen LogP contribution in [0.3, 0.4) is 0 Å². The number of halogens is 3. The van der Waals surface area contributed by atoms with Crippen molar-refractivity contribution in [3.05, 3.63) is 29.3 Å². The van der Waals surface area contributed by atoms with Crippen LogP contribution in [0.1, 0.15) is 12.8 Å². The number of carbonyl (C=O) groups excluding carboxylic acids is 1. The van der Waals surface area contributed by atoms with Gasteiger partial charge in [0, 0.05) is 11.4 Å². The Kier molecular flexibility index (Phi) is 5.77. The summed E-state index contributed by atoms with van der Waals surface area (Å²) in [7, 11) is 0. The number of ether oxygens (including phenoxy) is 1. The van der Waals surface area contributed by atoms with E-state index < -0.39 is 11.7 Å². The van der Waals surface area contributed by atoms with Crippen molar-refractivity contribution in [1.29, 1.82) is 0 Å². The van der Waals surface area contributed by atoms with Crippen molar-refractivity contribution >= 4 is 33.3 Å². The van der Waals surface area contributed by atoms with Gasteiger partial charge in [0.2, 0.25) is 5.01 Å². The zero-order valence-corrected chi connectivity index (χ0v) is 10.8. The van der Waals surface area contributed by atoms with E-state index in [0.29, 0.717) is 10.8 Å². The van der Waals surface area contributed by atoms with E-state index in [4.69, 9.17) is 16.3 Å². The molecule has 0 amide bonds. The van der Waals surface area contributed by atoms with Gasteiger partial charge in [0.25, 0.3) is 0 Å². The first-order valence-electron chi connectivity index (χ1n) is 4.78. The van der Waals surface area contributed by atoms with Gasteiger partial charge in [-0.25, -0.2) is 0 Å². The molecule has 1 unspecified atom stereocenters. The van der Waals surface area contributed by atoms with Gasteiger partial charge in [-0.2, -0.15) is 0 Å². The molecule has 2 nitrogen and oxygen atoms in total. The lowest BCUT2D eigenvalue weighted by molar-refractivity contribution is -0.122. The molecule has 1 rings (SSSR count). The summed E-state index contributed by atoms with van der Waals surface area (Å²) in [6, 6.07) is 6.67. The summed E-state index contributed by atoms with van der Waals surface area (Å²) in [5.41, 5.74) is 0. The Balaban J connectivity index is 2.47. The minimum Gasteiger partial charge on any atom is -0.471 e. The van der Waals surface area contributed by atoms with Gasteiger partial charge < -0.3 is 4.74 Å². The first kappa shape index (κ1) is 13.5. The maximum Gasteiger partial charge on any atom is 0.210 e.